The highest BCUT2D eigenvalue weighted by Crippen LogP contribution is 2.46. The molecule has 2 N–H and O–H groups in total. The molecule has 1 aromatic carbocycles. The Morgan fingerprint density at radius 1 is 1.34 bits per heavy atom. The summed E-state index contributed by atoms with van der Waals surface area (Å²) in [6.07, 6.45) is 1.92. The average molecular weight is 443 g/mol. The number of carbonyl (C=O) groups excluding carboxylic acids is 1. The summed E-state index contributed by atoms with van der Waals surface area (Å²) in [6, 6.07) is 12.1. The summed E-state index contributed by atoms with van der Waals surface area (Å²) in [6.45, 7) is 2.07. The minimum absolute atomic E-state index is 0.0552. The number of aryl methyl sites for hydroxylation is 1. The van der Waals surface area contributed by atoms with Gasteiger partial charge in [0.15, 0.2) is 5.78 Å². The van der Waals surface area contributed by atoms with Crippen molar-refractivity contribution in [1.29, 1.82) is 5.26 Å². The Balaban J connectivity index is 1.66. The molecule has 0 fully saturated rings. The Hall–Kier alpha value is -2.20. The molecule has 29 heavy (non-hydrogen) atoms. The number of ether oxygens (including phenoxy) is 1. The van der Waals surface area contributed by atoms with Gasteiger partial charge in [0.2, 0.25) is 5.88 Å². The molecule has 2 aliphatic rings. The molecule has 0 spiro atoms. The van der Waals surface area contributed by atoms with Crippen LogP contribution in [0.5, 0.6) is 0 Å². The third kappa shape index (κ3) is 3.95. The van der Waals surface area contributed by atoms with E-state index >= 15 is 0 Å². The van der Waals surface area contributed by atoms with Crippen molar-refractivity contribution in [2.75, 3.05) is 0 Å². The van der Waals surface area contributed by atoms with Gasteiger partial charge in [-0.3, -0.25) is 4.79 Å². The molecule has 4 nitrogen and oxygen atoms in total. The SMILES string of the molecule is Cc1sc([C@@H]2C(C#N)=C(N)OC3=C2C(=O)CCC3)cc1CSc1ccc(Cl)cc1. The van der Waals surface area contributed by atoms with Gasteiger partial charge in [-0.25, -0.2) is 0 Å². The van der Waals surface area contributed by atoms with Gasteiger partial charge in [0.1, 0.15) is 17.4 Å². The first-order valence-corrected chi connectivity index (χ1v) is 11.5. The van der Waals surface area contributed by atoms with Crippen molar-refractivity contribution in [2.45, 2.75) is 42.8 Å². The van der Waals surface area contributed by atoms with Gasteiger partial charge in [0.05, 0.1) is 5.92 Å². The molecule has 0 saturated carbocycles. The van der Waals surface area contributed by atoms with Gasteiger partial charge in [-0.05, 0) is 49.2 Å². The first-order chi connectivity index (χ1) is 14.0. The van der Waals surface area contributed by atoms with Crippen molar-refractivity contribution in [3.05, 3.63) is 73.5 Å². The number of benzene rings is 1. The second-order valence-electron chi connectivity index (χ2n) is 7.01. The number of halogens is 1. The fraction of sp³-hybridized carbons (Fsp3) is 0.273. The minimum atomic E-state index is -0.422. The minimum Gasteiger partial charge on any atom is -0.444 e. The summed E-state index contributed by atoms with van der Waals surface area (Å²) in [5.41, 5.74) is 8.17. The van der Waals surface area contributed by atoms with Crippen molar-refractivity contribution in [1.82, 2.24) is 0 Å². The topological polar surface area (TPSA) is 76.1 Å². The van der Waals surface area contributed by atoms with Crippen LogP contribution in [0.3, 0.4) is 0 Å². The van der Waals surface area contributed by atoms with Crippen LogP contribution in [0.25, 0.3) is 0 Å². The number of ketones is 1. The first-order valence-electron chi connectivity index (χ1n) is 9.29. The molecule has 148 valence electrons. The summed E-state index contributed by atoms with van der Waals surface area (Å²) < 4.78 is 5.65. The van der Waals surface area contributed by atoms with E-state index in [4.69, 9.17) is 22.1 Å². The zero-order chi connectivity index (χ0) is 20.5. The molecule has 1 aliphatic heterocycles. The quantitative estimate of drug-likeness (QED) is 0.604. The van der Waals surface area contributed by atoms with Crippen molar-refractivity contribution >= 4 is 40.5 Å². The van der Waals surface area contributed by atoms with Gasteiger partial charge in [-0.15, -0.1) is 23.1 Å². The molecule has 7 heteroatoms. The largest absolute Gasteiger partial charge is 0.444 e. The highest BCUT2D eigenvalue weighted by molar-refractivity contribution is 7.98. The van der Waals surface area contributed by atoms with Crippen molar-refractivity contribution in [3.8, 4) is 6.07 Å². The van der Waals surface area contributed by atoms with Gasteiger partial charge in [0, 0.05) is 43.8 Å². The molecule has 2 aromatic rings. The molecule has 0 bridgehead atoms. The number of hydrogen-bond acceptors (Lipinski definition) is 6. The Bertz CT molecular complexity index is 1080. The monoisotopic (exact) mass is 442 g/mol. The molecular weight excluding hydrogens is 424 g/mol. The van der Waals surface area contributed by atoms with Crippen LogP contribution in [0, 0.1) is 18.3 Å². The lowest BCUT2D eigenvalue weighted by molar-refractivity contribution is -0.116. The number of thiophene rings is 1. The van der Waals surface area contributed by atoms with Gasteiger partial charge in [0.25, 0.3) is 0 Å². The molecule has 1 atom stereocenters. The molecule has 0 radical (unpaired) electrons. The molecule has 0 saturated heterocycles. The van der Waals surface area contributed by atoms with E-state index in [-0.39, 0.29) is 11.7 Å². The lowest BCUT2D eigenvalue weighted by atomic mass is 9.80. The highest BCUT2D eigenvalue weighted by atomic mass is 35.5. The van der Waals surface area contributed by atoms with Crippen molar-refractivity contribution in [2.24, 2.45) is 5.73 Å². The van der Waals surface area contributed by atoms with Crippen LogP contribution in [0.15, 0.2) is 58.0 Å². The second kappa shape index (κ2) is 8.27. The Morgan fingerprint density at radius 2 is 2.10 bits per heavy atom. The van der Waals surface area contributed by atoms with E-state index in [9.17, 15) is 10.1 Å². The van der Waals surface area contributed by atoms with Crippen LogP contribution in [0.1, 0.15) is 40.5 Å². The highest BCUT2D eigenvalue weighted by Gasteiger charge is 2.38. The number of allylic oxidation sites excluding steroid dienone is 3. The maximum Gasteiger partial charge on any atom is 0.205 e. The smallest absolute Gasteiger partial charge is 0.205 e. The number of thioether (sulfide) groups is 1. The summed E-state index contributed by atoms with van der Waals surface area (Å²) >= 11 is 9.31. The fourth-order valence-corrected chi connectivity index (χ4v) is 6.00. The van der Waals surface area contributed by atoms with E-state index in [2.05, 4.69) is 19.1 Å². The van der Waals surface area contributed by atoms with E-state index in [1.54, 1.807) is 23.1 Å². The van der Waals surface area contributed by atoms with E-state index in [1.807, 2.05) is 24.3 Å². The number of nitriles is 1. The molecule has 4 rings (SSSR count). The van der Waals surface area contributed by atoms with Crippen LogP contribution >= 0.6 is 34.7 Å². The third-order valence-corrected chi connectivity index (χ3v) is 7.61. The fourth-order valence-electron chi connectivity index (χ4n) is 3.66. The lowest BCUT2D eigenvalue weighted by Gasteiger charge is -2.30. The summed E-state index contributed by atoms with van der Waals surface area (Å²) in [5.74, 6) is 1.18. The molecule has 1 aromatic heterocycles. The summed E-state index contributed by atoms with van der Waals surface area (Å²) in [5, 5.41) is 10.4. The van der Waals surface area contributed by atoms with Crippen LogP contribution in [0.2, 0.25) is 5.02 Å². The number of hydrogen-bond donors (Lipinski definition) is 1. The maximum atomic E-state index is 12.7. The summed E-state index contributed by atoms with van der Waals surface area (Å²) in [7, 11) is 0. The zero-order valence-corrected chi connectivity index (χ0v) is 18.2. The molecule has 1 aliphatic carbocycles. The zero-order valence-electron chi connectivity index (χ0n) is 15.8. The number of Topliss-reactive ketones (excluding diaryl/α,β-unsaturated/α-hetero) is 1. The lowest BCUT2D eigenvalue weighted by Crippen LogP contribution is -2.27. The first kappa shape index (κ1) is 20.1. The van der Waals surface area contributed by atoms with Crippen LogP contribution in [-0.2, 0) is 15.3 Å². The Labute approximate surface area is 183 Å². The average Bonchev–Trinajstić information content (AvgIpc) is 3.07. The number of nitrogens with two attached hydrogens (primary N) is 1. The van der Waals surface area contributed by atoms with Crippen LogP contribution in [0.4, 0.5) is 0 Å². The van der Waals surface area contributed by atoms with E-state index in [1.165, 1.54) is 10.4 Å². The van der Waals surface area contributed by atoms with Crippen molar-refractivity contribution < 1.29 is 9.53 Å². The number of carbonyl (C=O) groups is 1. The predicted molar refractivity (Wildman–Crippen MR) is 117 cm³/mol. The van der Waals surface area contributed by atoms with E-state index < -0.39 is 5.92 Å². The standard InChI is InChI=1S/C22H19ClN2O2S2/c1-12-13(11-28-15-7-5-14(23)6-8-15)9-19(29-12)20-16(10-24)22(25)27-18-4-2-3-17(26)21(18)20/h5-9,20H,2-4,11,25H2,1H3/t20-/m0/s1. The third-order valence-electron chi connectivity index (χ3n) is 5.14. The Morgan fingerprint density at radius 3 is 2.83 bits per heavy atom. The normalized spacial score (nSPS) is 19.1. The van der Waals surface area contributed by atoms with Gasteiger partial charge >= 0.3 is 0 Å². The number of nitrogens with zero attached hydrogens (tertiary/aromatic N) is 1. The molecular formula is C22H19ClN2O2S2. The van der Waals surface area contributed by atoms with E-state index in [0.29, 0.717) is 29.7 Å². The second-order valence-corrected chi connectivity index (χ2v) is 9.78. The van der Waals surface area contributed by atoms with E-state index in [0.717, 1.165) is 27.0 Å². The van der Waals surface area contributed by atoms with Crippen LogP contribution < -0.4 is 5.73 Å². The number of rotatable bonds is 4. The molecule has 0 unspecified atom stereocenters. The van der Waals surface area contributed by atoms with Gasteiger partial charge in [-0.1, -0.05) is 11.6 Å². The van der Waals surface area contributed by atoms with Crippen LogP contribution in [-0.4, -0.2) is 5.78 Å². The summed E-state index contributed by atoms with van der Waals surface area (Å²) in [4.78, 5) is 16.0. The van der Waals surface area contributed by atoms with Crippen molar-refractivity contribution in [3.63, 3.8) is 0 Å². The molecule has 0 amide bonds. The molecule has 2 heterocycles. The maximum absolute atomic E-state index is 12.7. The van der Waals surface area contributed by atoms with Gasteiger partial charge in [-0.2, -0.15) is 5.26 Å². The predicted octanol–water partition coefficient (Wildman–Crippen LogP) is 5.82. The van der Waals surface area contributed by atoms with Gasteiger partial charge < -0.3 is 10.5 Å². The Kier molecular flexibility index (Phi) is 5.73.